The number of ether oxygens (including phenoxy) is 2. The molecule has 0 aliphatic rings. The lowest BCUT2D eigenvalue weighted by Gasteiger charge is -2.17. The van der Waals surface area contributed by atoms with Gasteiger partial charge in [0.05, 0.1) is 7.11 Å². The van der Waals surface area contributed by atoms with E-state index in [1.165, 1.54) is 64.9 Å². The topological polar surface area (TPSA) is 52.6 Å². The van der Waals surface area contributed by atoms with E-state index in [4.69, 9.17) is 4.74 Å². The maximum atomic E-state index is 11.6. The van der Waals surface area contributed by atoms with Gasteiger partial charge in [0.1, 0.15) is 6.10 Å². The number of hydrogen-bond donors (Lipinski definition) is 0. The first-order chi connectivity index (χ1) is 12.6. The maximum absolute atomic E-state index is 11.6. The van der Waals surface area contributed by atoms with Crippen LogP contribution in [-0.4, -0.2) is 25.2 Å². The first-order valence-electron chi connectivity index (χ1n) is 10.9. The Morgan fingerprint density at radius 1 is 0.692 bits per heavy atom. The van der Waals surface area contributed by atoms with E-state index in [9.17, 15) is 9.59 Å². The Labute approximate surface area is 161 Å². The van der Waals surface area contributed by atoms with Gasteiger partial charge >= 0.3 is 11.9 Å². The molecule has 0 amide bonds. The molecule has 0 saturated carbocycles. The van der Waals surface area contributed by atoms with Crippen LogP contribution in [0.5, 0.6) is 0 Å². The number of esters is 2. The van der Waals surface area contributed by atoms with Crippen LogP contribution in [0.2, 0.25) is 0 Å². The summed E-state index contributed by atoms with van der Waals surface area (Å²) in [6.45, 7) is 4.08. The number of carbonyl (C=O) groups is 2. The Kier molecular flexibility index (Phi) is 18.0. The molecule has 0 spiro atoms. The molecule has 0 aliphatic carbocycles. The smallest absolute Gasteiger partial charge is 0.305 e. The number of carbonyl (C=O) groups excluding carboxylic acids is 2. The monoisotopic (exact) mass is 370 g/mol. The van der Waals surface area contributed by atoms with Crippen molar-refractivity contribution in [2.75, 3.05) is 7.11 Å². The summed E-state index contributed by atoms with van der Waals surface area (Å²) in [5.74, 6) is -0.157. The van der Waals surface area contributed by atoms with Crippen LogP contribution in [0.4, 0.5) is 0 Å². The molecule has 0 aromatic heterocycles. The molecule has 0 N–H and O–H groups in total. The third-order valence-corrected chi connectivity index (χ3v) is 4.85. The van der Waals surface area contributed by atoms with Gasteiger partial charge in [-0.15, -0.1) is 0 Å². The van der Waals surface area contributed by atoms with Crippen molar-refractivity contribution >= 4 is 11.9 Å². The molecule has 0 heterocycles. The van der Waals surface area contributed by atoms with Gasteiger partial charge in [0.15, 0.2) is 0 Å². The van der Waals surface area contributed by atoms with Crippen molar-refractivity contribution in [1.29, 1.82) is 0 Å². The zero-order chi connectivity index (χ0) is 19.5. The molecule has 0 bridgehead atoms. The highest BCUT2D eigenvalue weighted by molar-refractivity contribution is 5.69. The highest BCUT2D eigenvalue weighted by Crippen LogP contribution is 2.17. The summed E-state index contributed by atoms with van der Waals surface area (Å²) in [7, 11) is 1.45. The van der Waals surface area contributed by atoms with Gasteiger partial charge in [-0.3, -0.25) is 9.59 Å². The number of methoxy groups -OCH3 is 1. The Hall–Kier alpha value is -1.06. The van der Waals surface area contributed by atoms with E-state index in [1.54, 1.807) is 0 Å². The van der Waals surface area contributed by atoms with Crippen LogP contribution in [0, 0.1) is 0 Å². The molecule has 0 rings (SSSR count). The van der Waals surface area contributed by atoms with Gasteiger partial charge in [0.25, 0.3) is 0 Å². The van der Waals surface area contributed by atoms with E-state index in [2.05, 4.69) is 11.7 Å². The SMILES string of the molecule is CCCCCCC(CCCCCCCCCCC(=O)OC)OC(=O)CC. The molecule has 1 atom stereocenters. The number of hydrogen-bond acceptors (Lipinski definition) is 4. The highest BCUT2D eigenvalue weighted by Gasteiger charge is 2.12. The summed E-state index contributed by atoms with van der Waals surface area (Å²) in [6.07, 6.45) is 17.5. The summed E-state index contributed by atoms with van der Waals surface area (Å²) in [4.78, 5) is 22.6. The zero-order valence-corrected chi connectivity index (χ0v) is 17.5. The molecule has 0 aromatic rings. The Bertz CT molecular complexity index is 341. The molecule has 26 heavy (non-hydrogen) atoms. The lowest BCUT2D eigenvalue weighted by molar-refractivity contribution is -0.149. The van der Waals surface area contributed by atoms with Crippen LogP contribution in [-0.2, 0) is 19.1 Å². The molecule has 154 valence electrons. The zero-order valence-electron chi connectivity index (χ0n) is 17.5. The first kappa shape index (κ1) is 24.9. The molecular weight excluding hydrogens is 328 g/mol. The molecule has 0 saturated heterocycles. The van der Waals surface area contributed by atoms with Crippen LogP contribution < -0.4 is 0 Å². The van der Waals surface area contributed by atoms with Crippen molar-refractivity contribution < 1.29 is 19.1 Å². The first-order valence-corrected chi connectivity index (χ1v) is 10.9. The maximum Gasteiger partial charge on any atom is 0.305 e. The summed E-state index contributed by atoms with van der Waals surface area (Å²) in [5.41, 5.74) is 0. The van der Waals surface area contributed by atoms with Gasteiger partial charge in [0.2, 0.25) is 0 Å². The van der Waals surface area contributed by atoms with Crippen molar-refractivity contribution in [2.45, 2.75) is 123 Å². The summed E-state index contributed by atoms with van der Waals surface area (Å²) in [6, 6.07) is 0. The van der Waals surface area contributed by atoms with Crippen LogP contribution in [0.25, 0.3) is 0 Å². The second kappa shape index (κ2) is 18.7. The van der Waals surface area contributed by atoms with Gasteiger partial charge in [-0.2, -0.15) is 0 Å². The number of rotatable bonds is 18. The molecule has 1 unspecified atom stereocenters. The minimum absolute atomic E-state index is 0.0579. The van der Waals surface area contributed by atoms with Gasteiger partial charge in [-0.25, -0.2) is 0 Å². The van der Waals surface area contributed by atoms with E-state index in [0.29, 0.717) is 12.8 Å². The predicted molar refractivity (Wildman–Crippen MR) is 107 cm³/mol. The van der Waals surface area contributed by atoms with Crippen molar-refractivity contribution in [2.24, 2.45) is 0 Å². The van der Waals surface area contributed by atoms with Crippen LogP contribution in [0.1, 0.15) is 117 Å². The molecule has 0 radical (unpaired) electrons. The fourth-order valence-electron chi connectivity index (χ4n) is 3.13. The van der Waals surface area contributed by atoms with Gasteiger partial charge in [-0.05, 0) is 32.1 Å². The van der Waals surface area contributed by atoms with E-state index >= 15 is 0 Å². The third-order valence-electron chi connectivity index (χ3n) is 4.85. The summed E-state index contributed by atoms with van der Waals surface area (Å²) in [5, 5.41) is 0. The summed E-state index contributed by atoms with van der Waals surface area (Å²) < 4.78 is 10.2. The van der Waals surface area contributed by atoms with E-state index in [0.717, 1.165) is 32.1 Å². The Balaban J connectivity index is 3.64. The minimum atomic E-state index is -0.0991. The standard InChI is InChI=1S/C22H42O4/c1-4-6-7-14-17-20(26-21(23)5-2)18-15-12-10-8-9-11-13-16-19-22(24)25-3/h20H,4-19H2,1-3H3. The normalized spacial score (nSPS) is 12.0. The Morgan fingerprint density at radius 3 is 1.69 bits per heavy atom. The fraction of sp³-hybridized carbons (Fsp3) is 0.909. The van der Waals surface area contributed by atoms with Crippen molar-refractivity contribution in [3.8, 4) is 0 Å². The predicted octanol–water partition coefficient (Wildman–Crippen LogP) is 6.35. The quantitative estimate of drug-likeness (QED) is 0.208. The second-order valence-corrected chi connectivity index (χ2v) is 7.26. The number of unbranched alkanes of at least 4 members (excludes halogenated alkanes) is 10. The highest BCUT2D eigenvalue weighted by atomic mass is 16.5. The lowest BCUT2D eigenvalue weighted by Crippen LogP contribution is -2.17. The molecule has 4 nitrogen and oxygen atoms in total. The lowest BCUT2D eigenvalue weighted by atomic mass is 10.0. The van der Waals surface area contributed by atoms with Crippen molar-refractivity contribution in [3.63, 3.8) is 0 Å². The molecular formula is C22H42O4. The third kappa shape index (κ3) is 16.4. The fourth-order valence-corrected chi connectivity index (χ4v) is 3.13. The molecule has 0 aromatic carbocycles. The largest absolute Gasteiger partial charge is 0.469 e. The molecule has 0 fully saturated rings. The van der Waals surface area contributed by atoms with Crippen molar-refractivity contribution in [3.05, 3.63) is 0 Å². The average molecular weight is 371 g/mol. The average Bonchev–Trinajstić information content (AvgIpc) is 2.65. The van der Waals surface area contributed by atoms with Crippen LogP contribution in [0.15, 0.2) is 0 Å². The molecule has 0 aliphatic heterocycles. The van der Waals surface area contributed by atoms with E-state index in [-0.39, 0.29) is 18.0 Å². The summed E-state index contributed by atoms with van der Waals surface area (Å²) >= 11 is 0. The van der Waals surface area contributed by atoms with E-state index < -0.39 is 0 Å². The van der Waals surface area contributed by atoms with Gasteiger partial charge in [-0.1, -0.05) is 71.6 Å². The van der Waals surface area contributed by atoms with Gasteiger partial charge in [0, 0.05) is 12.8 Å². The minimum Gasteiger partial charge on any atom is -0.469 e. The molecule has 4 heteroatoms. The van der Waals surface area contributed by atoms with Crippen LogP contribution >= 0.6 is 0 Å². The van der Waals surface area contributed by atoms with Gasteiger partial charge < -0.3 is 9.47 Å². The van der Waals surface area contributed by atoms with Crippen molar-refractivity contribution in [1.82, 2.24) is 0 Å². The Morgan fingerprint density at radius 2 is 1.19 bits per heavy atom. The van der Waals surface area contributed by atoms with Crippen LogP contribution in [0.3, 0.4) is 0 Å². The second-order valence-electron chi connectivity index (χ2n) is 7.26. The van der Waals surface area contributed by atoms with E-state index in [1.807, 2.05) is 6.92 Å².